The molecule has 0 spiro atoms. The monoisotopic (exact) mass is 276 g/mol. The Balaban J connectivity index is 1.82. The van der Waals surface area contributed by atoms with Crippen molar-refractivity contribution in [2.75, 3.05) is 19.6 Å². The van der Waals surface area contributed by atoms with E-state index in [1.165, 1.54) is 12.8 Å². The van der Waals surface area contributed by atoms with E-state index in [-0.39, 0.29) is 19.0 Å². The van der Waals surface area contributed by atoms with E-state index in [0.29, 0.717) is 18.4 Å². The molecular weight excluding hydrogens is 254 g/mol. The molecule has 1 saturated carbocycles. The number of alkyl halides is 2. The summed E-state index contributed by atoms with van der Waals surface area (Å²) >= 11 is 0. The summed E-state index contributed by atoms with van der Waals surface area (Å²) in [6.45, 7) is 1.47. The van der Waals surface area contributed by atoms with Crippen molar-refractivity contribution in [3.8, 4) is 0 Å². The maximum Gasteiger partial charge on any atom is 0.303 e. The molecule has 0 amide bonds. The van der Waals surface area contributed by atoms with Crippen molar-refractivity contribution in [2.24, 2.45) is 5.92 Å². The Morgan fingerprint density at radius 3 is 2.68 bits per heavy atom. The van der Waals surface area contributed by atoms with Crippen LogP contribution in [0.25, 0.3) is 0 Å². The number of carbonyl (C=O) groups is 1. The first kappa shape index (κ1) is 14.7. The normalized spacial score (nSPS) is 28.8. The lowest BCUT2D eigenvalue weighted by atomic mass is 9.90. The molecule has 2 N–H and O–H groups in total. The summed E-state index contributed by atoms with van der Waals surface area (Å²) in [5.41, 5.74) is 0. The van der Waals surface area contributed by atoms with Crippen LogP contribution in [-0.2, 0) is 4.79 Å². The second kappa shape index (κ2) is 6.61. The van der Waals surface area contributed by atoms with Gasteiger partial charge in [0.25, 0.3) is 6.43 Å². The lowest BCUT2D eigenvalue weighted by Crippen LogP contribution is -2.50. The summed E-state index contributed by atoms with van der Waals surface area (Å²) in [6, 6.07) is 0.672. The van der Waals surface area contributed by atoms with E-state index >= 15 is 0 Å². The minimum absolute atomic E-state index is 0.0714. The summed E-state index contributed by atoms with van der Waals surface area (Å²) in [7, 11) is 0. The highest BCUT2D eigenvalue weighted by molar-refractivity contribution is 5.66. The highest BCUT2D eigenvalue weighted by Crippen LogP contribution is 2.32. The summed E-state index contributed by atoms with van der Waals surface area (Å²) in [4.78, 5) is 13.0. The van der Waals surface area contributed by atoms with E-state index in [4.69, 9.17) is 5.11 Å². The SMILES string of the molecule is O=C(O)CCC1CC(NCC(F)F)CN(C2CC2)C1. The van der Waals surface area contributed by atoms with Gasteiger partial charge in [-0.2, -0.15) is 0 Å². The van der Waals surface area contributed by atoms with Crippen molar-refractivity contribution in [3.05, 3.63) is 0 Å². The number of hydrogen-bond donors (Lipinski definition) is 2. The maximum atomic E-state index is 12.3. The fourth-order valence-corrected chi connectivity index (χ4v) is 2.92. The number of aliphatic carboxylic acids is 1. The Labute approximate surface area is 112 Å². The van der Waals surface area contributed by atoms with Crippen LogP contribution in [0.4, 0.5) is 8.78 Å². The number of nitrogens with one attached hydrogen (secondary N) is 1. The van der Waals surface area contributed by atoms with Gasteiger partial charge < -0.3 is 10.4 Å². The molecule has 1 saturated heterocycles. The first-order valence-electron chi connectivity index (χ1n) is 7.02. The second-order valence-corrected chi connectivity index (χ2v) is 5.72. The third-order valence-electron chi connectivity index (χ3n) is 3.96. The van der Waals surface area contributed by atoms with Gasteiger partial charge in [0, 0.05) is 31.6 Å². The van der Waals surface area contributed by atoms with Crippen LogP contribution in [0.1, 0.15) is 32.1 Å². The van der Waals surface area contributed by atoms with Crippen LogP contribution in [0.15, 0.2) is 0 Å². The molecule has 2 rings (SSSR count). The highest BCUT2D eigenvalue weighted by Gasteiger charge is 2.36. The molecule has 110 valence electrons. The van der Waals surface area contributed by atoms with E-state index in [2.05, 4.69) is 10.2 Å². The van der Waals surface area contributed by atoms with Gasteiger partial charge in [-0.1, -0.05) is 0 Å². The van der Waals surface area contributed by atoms with Gasteiger partial charge in [0.1, 0.15) is 0 Å². The molecule has 1 aliphatic heterocycles. The molecule has 19 heavy (non-hydrogen) atoms. The molecule has 6 heteroatoms. The van der Waals surface area contributed by atoms with Crippen LogP contribution in [0.5, 0.6) is 0 Å². The Bertz CT molecular complexity index is 311. The molecule has 2 fully saturated rings. The van der Waals surface area contributed by atoms with Crippen LogP contribution >= 0.6 is 0 Å². The van der Waals surface area contributed by atoms with Gasteiger partial charge in [0.2, 0.25) is 0 Å². The fourth-order valence-electron chi connectivity index (χ4n) is 2.92. The molecule has 0 aromatic rings. The number of likely N-dealkylation sites (tertiary alicyclic amines) is 1. The maximum absolute atomic E-state index is 12.3. The Hall–Kier alpha value is -0.750. The molecule has 0 aromatic carbocycles. The standard InChI is InChI=1S/C13H22F2N2O2/c14-12(15)6-16-10-5-9(1-4-13(18)19)7-17(8-10)11-2-3-11/h9-12,16H,1-8H2,(H,18,19). The Morgan fingerprint density at radius 2 is 2.11 bits per heavy atom. The van der Waals surface area contributed by atoms with Gasteiger partial charge in [-0.15, -0.1) is 0 Å². The molecule has 0 aromatic heterocycles. The lowest BCUT2D eigenvalue weighted by molar-refractivity contribution is -0.137. The molecule has 2 unspecified atom stereocenters. The van der Waals surface area contributed by atoms with Gasteiger partial charge in [-0.25, -0.2) is 8.78 Å². The van der Waals surface area contributed by atoms with Crippen molar-refractivity contribution in [3.63, 3.8) is 0 Å². The minimum Gasteiger partial charge on any atom is -0.481 e. The van der Waals surface area contributed by atoms with Crippen LogP contribution in [0.3, 0.4) is 0 Å². The Kier molecular flexibility index (Phi) is 5.10. The lowest BCUT2D eigenvalue weighted by Gasteiger charge is -2.38. The summed E-state index contributed by atoms with van der Waals surface area (Å²) < 4.78 is 24.5. The van der Waals surface area contributed by atoms with Crippen LogP contribution in [-0.4, -0.2) is 54.1 Å². The predicted molar refractivity (Wildman–Crippen MR) is 67.4 cm³/mol. The molecule has 0 bridgehead atoms. The molecular formula is C13H22F2N2O2. The predicted octanol–water partition coefficient (Wildman–Crippen LogP) is 1.56. The molecule has 1 heterocycles. The zero-order valence-electron chi connectivity index (χ0n) is 11.0. The zero-order valence-corrected chi connectivity index (χ0v) is 11.0. The molecule has 2 atom stereocenters. The third kappa shape index (κ3) is 5.03. The van der Waals surface area contributed by atoms with Crippen molar-refractivity contribution >= 4 is 5.97 Å². The Morgan fingerprint density at radius 1 is 1.37 bits per heavy atom. The van der Waals surface area contributed by atoms with E-state index < -0.39 is 12.4 Å². The topological polar surface area (TPSA) is 52.6 Å². The number of carboxylic acid groups (broad SMARTS) is 1. The molecule has 1 aliphatic carbocycles. The summed E-state index contributed by atoms with van der Waals surface area (Å²) in [5.74, 6) is -0.471. The zero-order chi connectivity index (χ0) is 13.8. The smallest absolute Gasteiger partial charge is 0.303 e. The van der Waals surface area contributed by atoms with E-state index in [9.17, 15) is 13.6 Å². The second-order valence-electron chi connectivity index (χ2n) is 5.72. The average Bonchev–Trinajstić information content (AvgIpc) is 3.18. The van der Waals surface area contributed by atoms with E-state index in [1.54, 1.807) is 0 Å². The van der Waals surface area contributed by atoms with Gasteiger partial charge in [-0.05, 0) is 31.6 Å². The number of hydrogen-bond acceptors (Lipinski definition) is 3. The van der Waals surface area contributed by atoms with Crippen molar-refractivity contribution in [1.82, 2.24) is 10.2 Å². The molecule has 4 nitrogen and oxygen atoms in total. The van der Waals surface area contributed by atoms with Gasteiger partial charge >= 0.3 is 5.97 Å². The first-order valence-corrected chi connectivity index (χ1v) is 7.02. The fraction of sp³-hybridized carbons (Fsp3) is 0.923. The van der Waals surface area contributed by atoms with E-state index in [0.717, 1.165) is 19.5 Å². The molecule has 2 aliphatic rings. The number of rotatable bonds is 7. The van der Waals surface area contributed by atoms with Crippen LogP contribution in [0.2, 0.25) is 0 Å². The minimum atomic E-state index is -2.33. The van der Waals surface area contributed by atoms with Crippen molar-refractivity contribution in [2.45, 2.75) is 50.6 Å². The first-order chi connectivity index (χ1) is 9.04. The quantitative estimate of drug-likeness (QED) is 0.741. The summed E-state index contributed by atoms with van der Waals surface area (Å²) in [6.07, 6.45) is 1.67. The van der Waals surface area contributed by atoms with Crippen LogP contribution in [0, 0.1) is 5.92 Å². The number of nitrogens with zero attached hydrogens (tertiary/aromatic N) is 1. The van der Waals surface area contributed by atoms with E-state index in [1.807, 2.05) is 0 Å². The average molecular weight is 276 g/mol. The van der Waals surface area contributed by atoms with Crippen molar-refractivity contribution in [1.29, 1.82) is 0 Å². The third-order valence-corrected chi connectivity index (χ3v) is 3.96. The largest absolute Gasteiger partial charge is 0.481 e. The summed E-state index contributed by atoms with van der Waals surface area (Å²) in [5, 5.41) is 11.7. The van der Waals surface area contributed by atoms with Crippen molar-refractivity contribution < 1.29 is 18.7 Å². The molecule has 0 radical (unpaired) electrons. The number of piperidine rings is 1. The van der Waals surface area contributed by atoms with Crippen LogP contribution < -0.4 is 5.32 Å². The number of halogens is 2. The van der Waals surface area contributed by atoms with Gasteiger partial charge in [-0.3, -0.25) is 9.69 Å². The highest BCUT2D eigenvalue weighted by atomic mass is 19.3. The van der Waals surface area contributed by atoms with Gasteiger partial charge in [0.05, 0.1) is 6.54 Å². The van der Waals surface area contributed by atoms with Gasteiger partial charge in [0.15, 0.2) is 0 Å². The number of carboxylic acids is 1.